The van der Waals surface area contributed by atoms with Crippen molar-refractivity contribution in [2.75, 3.05) is 6.54 Å². The topological polar surface area (TPSA) is 26.0 Å². The van der Waals surface area contributed by atoms with E-state index in [0.29, 0.717) is 0 Å². The molecule has 11 heavy (non-hydrogen) atoms. The van der Waals surface area contributed by atoms with E-state index < -0.39 is 0 Å². The Bertz CT molecular complexity index is 151. The molecular weight excluding hydrogens is 129 g/mol. The Morgan fingerprint density at radius 2 is 1.55 bits per heavy atom. The zero-order valence-electron chi connectivity index (χ0n) is 7.67. The zero-order chi connectivity index (χ0) is 7.82. The van der Waals surface area contributed by atoms with Gasteiger partial charge in [-0.2, -0.15) is 0 Å². The first kappa shape index (κ1) is 13.4. The number of hydrogen-bond donors (Lipinski definition) is 1. The van der Waals surface area contributed by atoms with Crippen molar-refractivity contribution in [3.63, 3.8) is 0 Å². The van der Waals surface area contributed by atoms with E-state index in [2.05, 4.69) is 19.1 Å². The largest absolute Gasteiger partial charge is 0.331 e. The second-order valence-corrected chi connectivity index (χ2v) is 2.06. The third-order valence-electron chi connectivity index (χ3n) is 0.940. The van der Waals surface area contributed by atoms with E-state index in [9.17, 15) is 0 Å². The molecule has 0 saturated heterocycles. The minimum atomic E-state index is 0. The van der Waals surface area contributed by atoms with E-state index in [1.807, 2.05) is 25.1 Å². The Hall–Kier alpha value is -0.223. The summed E-state index contributed by atoms with van der Waals surface area (Å²) in [5.41, 5.74) is 6.17. The van der Waals surface area contributed by atoms with Crippen molar-refractivity contribution in [3.05, 3.63) is 35.9 Å². The van der Waals surface area contributed by atoms with Gasteiger partial charge in [-0.25, -0.2) is 0 Å². The molecule has 0 unspecified atom stereocenters. The Balaban J connectivity index is 0. The van der Waals surface area contributed by atoms with Gasteiger partial charge in [0.1, 0.15) is 0 Å². The maximum absolute atomic E-state index is 4.85. The van der Waals surface area contributed by atoms with Gasteiger partial charge >= 0.3 is 0 Å². The third-order valence-corrected chi connectivity index (χ3v) is 0.940. The zero-order valence-corrected chi connectivity index (χ0v) is 7.67. The van der Waals surface area contributed by atoms with Crippen LogP contribution in [0.15, 0.2) is 30.3 Å². The Kier molecular flexibility index (Phi) is 11.9. The van der Waals surface area contributed by atoms with E-state index in [1.54, 1.807) is 0 Å². The van der Waals surface area contributed by atoms with Crippen LogP contribution in [0, 0.1) is 6.92 Å². The normalized spacial score (nSPS) is 7.18. The minimum absolute atomic E-state index is 0. The molecule has 1 radical (unpaired) electrons. The van der Waals surface area contributed by atoms with Crippen molar-refractivity contribution in [2.45, 2.75) is 13.8 Å². The van der Waals surface area contributed by atoms with Crippen molar-refractivity contribution in [2.24, 2.45) is 5.73 Å². The molecule has 1 aromatic carbocycles. The molecule has 2 heteroatoms. The van der Waals surface area contributed by atoms with Crippen LogP contribution in [0.2, 0.25) is 0 Å². The molecule has 0 aliphatic carbocycles. The predicted molar refractivity (Wildman–Crippen MR) is 51.7 cm³/mol. The first-order valence-electron chi connectivity index (χ1n) is 3.53. The van der Waals surface area contributed by atoms with Crippen LogP contribution in [-0.2, 0) is 0 Å². The van der Waals surface area contributed by atoms with Crippen molar-refractivity contribution in [1.29, 1.82) is 0 Å². The third kappa shape index (κ3) is 9.78. The smallest absolute Gasteiger partial charge is 0 e. The van der Waals surface area contributed by atoms with E-state index in [4.69, 9.17) is 5.73 Å². The van der Waals surface area contributed by atoms with Gasteiger partial charge in [0.25, 0.3) is 0 Å². The van der Waals surface area contributed by atoms with Gasteiger partial charge in [0, 0.05) is 18.9 Å². The van der Waals surface area contributed by atoms with Gasteiger partial charge in [0.15, 0.2) is 0 Å². The van der Waals surface area contributed by atoms with Crippen LogP contribution >= 0.6 is 0 Å². The standard InChI is InChI=1S/C7H8.C2H7N.Li/c1-7-5-3-2-4-6-7;1-2-3;/h2-6H,1H3;2-3H2,1H3;. The summed E-state index contributed by atoms with van der Waals surface area (Å²) in [5, 5.41) is 0. The molecule has 0 fully saturated rings. The quantitative estimate of drug-likeness (QED) is 0.549. The molecule has 1 rings (SSSR count). The molecule has 0 saturated carbocycles. The number of hydrogen-bond acceptors (Lipinski definition) is 1. The minimum Gasteiger partial charge on any atom is -0.331 e. The van der Waals surface area contributed by atoms with Crippen LogP contribution in [0.25, 0.3) is 0 Å². The Labute approximate surface area is 81.2 Å². The average Bonchev–Trinajstić information content (AvgIpc) is 1.91. The summed E-state index contributed by atoms with van der Waals surface area (Å²) in [6.45, 7) is 4.74. The predicted octanol–water partition coefficient (Wildman–Crippen LogP) is 1.58. The molecule has 0 atom stereocenters. The van der Waals surface area contributed by atoms with E-state index in [-0.39, 0.29) is 18.9 Å². The molecule has 1 nitrogen and oxygen atoms in total. The molecule has 0 aliphatic heterocycles. The molecule has 2 N–H and O–H groups in total. The van der Waals surface area contributed by atoms with Crippen LogP contribution in [0.3, 0.4) is 0 Å². The van der Waals surface area contributed by atoms with Gasteiger partial charge in [0.05, 0.1) is 0 Å². The summed E-state index contributed by atoms with van der Waals surface area (Å²) < 4.78 is 0. The fraction of sp³-hybridized carbons (Fsp3) is 0.333. The van der Waals surface area contributed by atoms with Gasteiger partial charge in [0.2, 0.25) is 0 Å². The second kappa shape index (κ2) is 9.78. The first-order chi connectivity index (χ1) is 4.81. The molecular formula is C9H15LiN. The van der Waals surface area contributed by atoms with Gasteiger partial charge in [-0.1, -0.05) is 42.8 Å². The summed E-state index contributed by atoms with van der Waals surface area (Å²) in [4.78, 5) is 0. The average molecular weight is 144 g/mol. The maximum atomic E-state index is 4.85. The molecule has 0 aromatic heterocycles. The number of aryl methyl sites for hydroxylation is 1. The molecule has 0 spiro atoms. The molecule has 0 heterocycles. The van der Waals surface area contributed by atoms with Crippen molar-refractivity contribution < 1.29 is 0 Å². The van der Waals surface area contributed by atoms with Crippen LogP contribution in [0.5, 0.6) is 0 Å². The van der Waals surface area contributed by atoms with Crippen LogP contribution < -0.4 is 5.73 Å². The molecule has 57 valence electrons. The van der Waals surface area contributed by atoms with Crippen LogP contribution in [-0.4, -0.2) is 25.4 Å². The van der Waals surface area contributed by atoms with Crippen molar-refractivity contribution >= 4 is 18.9 Å². The van der Waals surface area contributed by atoms with Crippen LogP contribution in [0.1, 0.15) is 12.5 Å². The van der Waals surface area contributed by atoms with E-state index in [0.717, 1.165) is 6.54 Å². The first-order valence-corrected chi connectivity index (χ1v) is 3.53. The summed E-state index contributed by atoms with van der Waals surface area (Å²) in [5.74, 6) is 0. The van der Waals surface area contributed by atoms with Gasteiger partial charge < -0.3 is 5.73 Å². The van der Waals surface area contributed by atoms with Crippen LogP contribution in [0.4, 0.5) is 0 Å². The Morgan fingerprint density at radius 1 is 1.18 bits per heavy atom. The monoisotopic (exact) mass is 144 g/mol. The number of nitrogens with two attached hydrogens (primary N) is 1. The molecule has 1 aromatic rings. The van der Waals surface area contributed by atoms with Crippen molar-refractivity contribution in [1.82, 2.24) is 0 Å². The van der Waals surface area contributed by atoms with Gasteiger partial charge in [-0.05, 0) is 13.5 Å². The number of rotatable bonds is 0. The summed E-state index contributed by atoms with van der Waals surface area (Å²) in [6.07, 6.45) is 0. The van der Waals surface area contributed by atoms with Gasteiger partial charge in [-0.3, -0.25) is 0 Å². The number of benzene rings is 1. The fourth-order valence-electron chi connectivity index (χ4n) is 0.534. The summed E-state index contributed by atoms with van der Waals surface area (Å²) in [6, 6.07) is 10.3. The van der Waals surface area contributed by atoms with Gasteiger partial charge in [-0.15, -0.1) is 0 Å². The summed E-state index contributed by atoms with van der Waals surface area (Å²) in [7, 11) is 0. The Morgan fingerprint density at radius 3 is 1.73 bits per heavy atom. The van der Waals surface area contributed by atoms with E-state index in [1.165, 1.54) is 5.56 Å². The van der Waals surface area contributed by atoms with E-state index >= 15 is 0 Å². The molecule has 0 aliphatic rings. The summed E-state index contributed by atoms with van der Waals surface area (Å²) >= 11 is 0. The molecule has 0 bridgehead atoms. The second-order valence-electron chi connectivity index (χ2n) is 2.06. The van der Waals surface area contributed by atoms with Crippen molar-refractivity contribution in [3.8, 4) is 0 Å². The fourth-order valence-corrected chi connectivity index (χ4v) is 0.534. The molecule has 0 amide bonds. The SMILES string of the molecule is CCN.Cc1ccccc1.[Li]. The maximum Gasteiger partial charge on any atom is 0 e.